The zero-order chi connectivity index (χ0) is 17.5. The second kappa shape index (κ2) is 14.0. The first-order chi connectivity index (χ1) is 11.7. The number of carbonyl (C=O) groups excluding carboxylic acids is 1. The second-order valence-electron chi connectivity index (χ2n) is 6.17. The topological polar surface area (TPSA) is 72.9 Å². The fraction of sp³-hybridized carbons (Fsp3) is 0.650. The van der Waals surface area contributed by atoms with Gasteiger partial charge >= 0.3 is 0 Å². The maximum atomic E-state index is 10.2. The highest BCUT2D eigenvalue weighted by molar-refractivity contribution is 5.64. The van der Waals surface area contributed by atoms with Crippen LogP contribution in [-0.2, 0) is 9.53 Å². The minimum Gasteiger partial charge on any atom is -0.550 e. The first kappa shape index (κ1) is 20.7. The minimum absolute atomic E-state index is 0.137. The second-order valence-corrected chi connectivity index (χ2v) is 6.17. The van der Waals surface area contributed by atoms with Crippen LogP contribution >= 0.6 is 0 Å². The maximum Gasteiger partial charge on any atom is 0.0879 e. The molecule has 0 saturated carbocycles. The molecule has 2 atom stereocenters. The van der Waals surface area contributed by atoms with Crippen molar-refractivity contribution in [3.63, 3.8) is 0 Å². The van der Waals surface area contributed by atoms with Crippen LogP contribution in [0.25, 0.3) is 0 Å². The summed E-state index contributed by atoms with van der Waals surface area (Å²) in [5.74, 6) is -0.973. The zero-order valence-electron chi connectivity index (χ0n) is 14.6. The van der Waals surface area contributed by atoms with Crippen LogP contribution in [0.1, 0.15) is 64.2 Å². The number of aliphatic carboxylic acids is 1. The maximum absolute atomic E-state index is 10.2. The molecular formula is C20H31O4-. The third-order valence-corrected chi connectivity index (χ3v) is 3.98. The Bertz CT molecular complexity index is 412. The van der Waals surface area contributed by atoms with Crippen LogP contribution in [-0.4, -0.2) is 29.9 Å². The smallest absolute Gasteiger partial charge is 0.0879 e. The van der Waals surface area contributed by atoms with Gasteiger partial charge in [-0.15, -0.1) is 0 Å². The number of carboxylic acid groups (broad SMARTS) is 1. The summed E-state index contributed by atoms with van der Waals surface area (Å²) in [6.07, 6.45) is 22.2. The number of rotatable bonds is 15. The van der Waals surface area contributed by atoms with E-state index in [1.807, 2.05) is 6.08 Å². The van der Waals surface area contributed by atoms with Gasteiger partial charge < -0.3 is 19.7 Å². The van der Waals surface area contributed by atoms with Crippen LogP contribution in [0, 0.1) is 0 Å². The van der Waals surface area contributed by atoms with Crippen molar-refractivity contribution in [1.29, 1.82) is 0 Å². The van der Waals surface area contributed by atoms with Crippen molar-refractivity contribution in [3.8, 4) is 0 Å². The van der Waals surface area contributed by atoms with Crippen molar-refractivity contribution in [3.05, 3.63) is 36.5 Å². The Morgan fingerprint density at radius 1 is 0.875 bits per heavy atom. The first-order valence-electron chi connectivity index (χ1n) is 9.15. The number of aliphatic hydroxyl groups is 1. The molecule has 2 unspecified atom stereocenters. The Kier molecular flexibility index (Phi) is 12.0. The lowest BCUT2D eigenvalue weighted by Crippen LogP contribution is -2.21. The number of hydrogen-bond donors (Lipinski definition) is 1. The number of carbonyl (C=O) groups is 1. The van der Waals surface area contributed by atoms with Crippen LogP contribution in [0.3, 0.4) is 0 Å². The fourth-order valence-electron chi connectivity index (χ4n) is 2.48. The van der Waals surface area contributed by atoms with E-state index in [9.17, 15) is 9.90 Å². The average Bonchev–Trinajstić information content (AvgIpc) is 3.30. The van der Waals surface area contributed by atoms with E-state index in [2.05, 4.69) is 30.4 Å². The van der Waals surface area contributed by atoms with E-state index in [0.29, 0.717) is 25.2 Å². The molecule has 0 aromatic carbocycles. The molecule has 1 aliphatic heterocycles. The highest BCUT2D eigenvalue weighted by Gasteiger charge is 2.35. The van der Waals surface area contributed by atoms with Gasteiger partial charge in [0.2, 0.25) is 0 Å². The van der Waals surface area contributed by atoms with Crippen molar-refractivity contribution in [2.45, 2.75) is 76.4 Å². The SMILES string of the molecule is O=C([O-])CCC/C=C\C/C=C\CC1OC1C/C=C\CCCCCO. The summed E-state index contributed by atoms with van der Waals surface area (Å²) in [4.78, 5) is 10.2. The molecule has 1 N–H and O–H groups in total. The lowest BCUT2D eigenvalue weighted by Gasteiger charge is -1.97. The molecule has 1 heterocycles. The summed E-state index contributed by atoms with van der Waals surface area (Å²) in [6, 6.07) is 0. The Hall–Kier alpha value is -1.39. The molecule has 4 heteroatoms. The summed E-state index contributed by atoms with van der Waals surface area (Å²) in [5, 5.41) is 18.9. The van der Waals surface area contributed by atoms with Gasteiger partial charge in [0.05, 0.1) is 12.2 Å². The molecule has 1 fully saturated rings. The van der Waals surface area contributed by atoms with E-state index in [1.165, 1.54) is 0 Å². The van der Waals surface area contributed by atoms with Crippen LogP contribution in [0.2, 0.25) is 0 Å². The highest BCUT2D eigenvalue weighted by atomic mass is 16.6. The number of epoxide rings is 1. The Morgan fingerprint density at radius 2 is 1.50 bits per heavy atom. The normalized spacial score (nSPS) is 20.5. The van der Waals surface area contributed by atoms with E-state index in [1.54, 1.807) is 0 Å². The standard InChI is InChI=1S/C20H32O4/c21-17-13-9-5-4-7-11-15-19-18(24-19)14-10-6-2-1-3-8-12-16-20(22)23/h1,3,6-7,10-11,18-19,21H,2,4-5,8-9,12-17H2,(H,22,23)/p-1/b3-1-,10-6-,11-7-. The lowest BCUT2D eigenvalue weighted by atomic mass is 10.1. The number of allylic oxidation sites excluding steroid dienone is 4. The van der Waals surface area contributed by atoms with Gasteiger partial charge in [-0.05, 0) is 57.8 Å². The monoisotopic (exact) mass is 335 g/mol. The molecule has 136 valence electrons. The molecule has 4 nitrogen and oxygen atoms in total. The van der Waals surface area contributed by atoms with Crippen LogP contribution < -0.4 is 5.11 Å². The number of ether oxygens (including phenoxy) is 1. The van der Waals surface area contributed by atoms with E-state index in [0.717, 1.165) is 51.4 Å². The molecule has 1 saturated heterocycles. The number of hydrogen-bond acceptors (Lipinski definition) is 4. The van der Waals surface area contributed by atoms with Gasteiger partial charge in [-0.3, -0.25) is 0 Å². The van der Waals surface area contributed by atoms with Gasteiger partial charge in [0, 0.05) is 12.6 Å². The van der Waals surface area contributed by atoms with Gasteiger partial charge in [-0.2, -0.15) is 0 Å². The lowest BCUT2D eigenvalue weighted by molar-refractivity contribution is -0.305. The molecule has 1 rings (SSSR count). The van der Waals surface area contributed by atoms with Crippen LogP contribution in [0.4, 0.5) is 0 Å². The quantitative estimate of drug-likeness (QED) is 0.284. The van der Waals surface area contributed by atoms with E-state index in [-0.39, 0.29) is 6.42 Å². The molecule has 0 radical (unpaired) electrons. The molecule has 0 spiro atoms. The van der Waals surface area contributed by atoms with E-state index < -0.39 is 5.97 Å². The van der Waals surface area contributed by atoms with Gasteiger partial charge in [0.15, 0.2) is 0 Å². The summed E-state index contributed by atoms with van der Waals surface area (Å²) in [6.45, 7) is 0.299. The van der Waals surface area contributed by atoms with Crippen molar-refractivity contribution < 1.29 is 19.7 Å². The first-order valence-corrected chi connectivity index (χ1v) is 9.15. The summed E-state index contributed by atoms with van der Waals surface area (Å²) in [5.41, 5.74) is 0. The van der Waals surface area contributed by atoms with Crippen molar-refractivity contribution in [2.75, 3.05) is 6.61 Å². The molecule has 0 amide bonds. The summed E-state index contributed by atoms with van der Waals surface area (Å²) >= 11 is 0. The van der Waals surface area contributed by atoms with E-state index in [4.69, 9.17) is 9.84 Å². The zero-order valence-corrected chi connectivity index (χ0v) is 14.6. The van der Waals surface area contributed by atoms with Crippen molar-refractivity contribution in [1.82, 2.24) is 0 Å². The van der Waals surface area contributed by atoms with Crippen LogP contribution in [0.5, 0.6) is 0 Å². The van der Waals surface area contributed by atoms with Gasteiger partial charge in [-0.25, -0.2) is 0 Å². The fourth-order valence-corrected chi connectivity index (χ4v) is 2.48. The third kappa shape index (κ3) is 12.1. The minimum atomic E-state index is -0.973. The Labute approximate surface area is 145 Å². The highest BCUT2D eigenvalue weighted by Crippen LogP contribution is 2.29. The predicted octanol–water partition coefficient (Wildman–Crippen LogP) is 3.07. The Balaban J connectivity index is 1.91. The molecule has 24 heavy (non-hydrogen) atoms. The van der Waals surface area contributed by atoms with Gasteiger partial charge in [-0.1, -0.05) is 42.9 Å². The number of unbranched alkanes of at least 4 members (excludes halogenated alkanes) is 4. The molecule has 0 bridgehead atoms. The van der Waals surface area contributed by atoms with Crippen molar-refractivity contribution in [2.24, 2.45) is 0 Å². The average molecular weight is 335 g/mol. The Morgan fingerprint density at radius 3 is 2.21 bits per heavy atom. The van der Waals surface area contributed by atoms with Crippen LogP contribution in [0.15, 0.2) is 36.5 Å². The van der Waals surface area contributed by atoms with E-state index >= 15 is 0 Å². The predicted molar refractivity (Wildman–Crippen MR) is 94.3 cm³/mol. The largest absolute Gasteiger partial charge is 0.550 e. The summed E-state index contributed by atoms with van der Waals surface area (Å²) < 4.78 is 5.63. The molecule has 0 aromatic heterocycles. The summed E-state index contributed by atoms with van der Waals surface area (Å²) in [7, 11) is 0. The molecule has 0 aliphatic carbocycles. The number of aliphatic hydroxyl groups excluding tert-OH is 1. The molecule has 1 aliphatic rings. The van der Waals surface area contributed by atoms with Gasteiger partial charge in [0.1, 0.15) is 0 Å². The third-order valence-electron chi connectivity index (χ3n) is 3.98. The van der Waals surface area contributed by atoms with Crippen molar-refractivity contribution >= 4 is 5.97 Å². The molecular weight excluding hydrogens is 304 g/mol. The van der Waals surface area contributed by atoms with Gasteiger partial charge in [0.25, 0.3) is 0 Å². The number of carboxylic acids is 1. The molecule has 0 aromatic rings.